The molecule has 0 aliphatic heterocycles. The number of hydrogen-bond acceptors (Lipinski definition) is 2. The fourth-order valence-electron chi connectivity index (χ4n) is 0.879. The van der Waals surface area contributed by atoms with Crippen LogP contribution in [-0.2, 0) is 0 Å². The van der Waals surface area contributed by atoms with E-state index < -0.39 is 0 Å². The van der Waals surface area contributed by atoms with Crippen molar-refractivity contribution in [3.63, 3.8) is 0 Å². The molecule has 13 heavy (non-hydrogen) atoms. The quantitative estimate of drug-likeness (QED) is 0.827. The third-order valence-electron chi connectivity index (χ3n) is 1.57. The molecular weight excluding hydrogens is 234 g/mol. The van der Waals surface area contributed by atoms with Gasteiger partial charge in [-0.15, -0.1) is 0 Å². The maximum Gasteiger partial charge on any atom is 0.286 e. The summed E-state index contributed by atoms with van der Waals surface area (Å²) in [5, 5.41) is 2.75. The van der Waals surface area contributed by atoms with Crippen molar-refractivity contribution < 1.29 is 9.21 Å². The molecule has 1 amide bonds. The summed E-state index contributed by atoms with van der Waals surface area (Å²) in [7, 11) is 0. The maximum atomic E-state index is 11.3. The molecule has 0 spiro atoms. The molecule has 3 nitrogen and oxygen atoms in total. The minimum Gasteiger partial charge on any atom is -0.459 e. The van der Waals surface area contributed by atoms with Crippen LogP contribution in [-0.4, -0.2) is 17.3 Å². The summed E-state index contributed by atoms with van der Waals surface area (Å²) in [6.45, 7) is 2.70. The first kappa shape index (κ1) is 10.3. The Kier molecular flexibility index (Phi) is 4.02. The van der Waals surface area contributed by atoms with Crippen molar-refractivity contribution in [2.45, 2.75) is 18.2 Å². The van der Waals surface area contributed by atoms with E-state index in [4.69, 9.17) is 4.42 Å². The zero-order chi connectivity index (χ0) is 9.68. The van der Waals surface area contributed by atoms with Gasteiger partial charge in [0, 0.05) is 11.4 Å². The molecule has 0 radical (unpaired) electrons. The smallest absolute Gasteiger partial charge is 0.286 e. The Morgan fingerprint density at radius 1 is 1.77 bits per heavy atom. The van der Waals surface area contributed by atoms with Crippen molar-refractivity contribution in [2.75, 3.05) is 6.54 Å². The number of carbonyl (C=O) groups excluding carboxylic acids is 1. The molecule has 0 bridgehead atoms. The van der Waals surface area contributed by atoms with Gasteiger partial charge in [-0.05, 0) is 18.6 Å². The van der Waals surface area contributed by atoms with Crippen LogP contribution in [0.25, 0.3) is 0 Å². The number of carbonyl (C=O) groups is 1. The minimum atomic E-state index is -0.154. The number of nitrogens with one attached hydrogen (secondary N) is 1. The molecule has 0 fully saturated rings. The average molecular weight is 246 g/mol. The molecule has 0 aromatic carbocycles. The minimum absolute atomic E-state index is 0.154. The lowest BCUT2D eigenvalue weighted by Gasteiger charge is -2.03. The van der Waals surface area contributed by atoms with Crippen LogP contribution in [0.1, 0.15) is 23.9 Å². The Morgan fingerprint density at radius 3 is 3.08 bits per heavy atom. The highest BCUT2D eigenvalue weighted by atomic mass is 79.9. The molecule has 0 aliphatic carbocycles. The fraction of sp³-hybridized carbons (Fsp3) is 0.444. The first-order valence-electron chi connectivity index (χ1n) is 4.16. The third kappa shape index (κ3) is 3.63. The summed E-state index contributed by atoms with van der Waals surface area (Å²) in [5.41, 5.74) is 0. The van der Waals surface area contributed by atoms with Gasteiger partial charge >= 0.3 is 0 Å². The van der Waals surface area contributed by atoms with E-state index >= 15 is 0 Å². The number of halogens is 1. The van der Waals surface area contributed by atoms with Gasteiger partial charge < -0.3 is 9.73 Å². The molecule has 0 aliphatic rings. The molecule has 1 heterocycles. The average Bonchev–Trinajstić information content (AvgIpc) is 2.55. The van der Waals surface area contributed by atoms with E-state index in [0.717, 1.165) is 6.42 Å². The van der Waals surface area contributed by atoms with Gasteiger partial charge in [-0.2, -0.15) is 0 Å². The van der Waals surface area contributed by atoms with Gasteiger partial charge in [0.05, 0.1) is 6.26 Å². The highest BCUT2D eigenvalue weighted by Crippen LogP contribution is 2.02. The molecule has 1 aromatic rings. The maximum absolute atomic E-state index is 11.3. The first-order valence-corrected chi connectivity index (χ1v) is 5.07. The molecule has 0 saturated heterocycles. The van der Waals surface area contributed by atoms with Crippen LogP contribution in [0, 0.1) is 0 Å². The highest BCUT2D eigenvalue weighted by Gasteiger charge is 2.06. The van der Waals surface area contributed by atoms with E-state index in [2.05, 4.69) is 21.2 Å². The van der Waals surface area contributed by atoms with Crippen molar-refractivity contribution >= 4 is 21.8 Å². The van der Waals surface area contributed by atoms with Crippen LogP contribution < -0.4 is 5.32 Å². The molecule has 1 aromatic heterocycles. The van der Waals surface area contributed by atoms with Crippen LogP contribution in [0.15, 0.2) is 22.8 Å². The van der Waals surface area contributed by atoms with Gasteiger partial charge in [-0.25, -0.2) is 0 Å². The van der Waals surface area contributed by atoms with Crippen LogP contribution in [0.4, 0.5) is 0 Å². The summed E-state index contributed by atoms with van der Waals surface area (Å²) in [5.74, 6) is 0.209. The Bertz CT molecular complexity index is 257. The van der Waals surface area contributed by atoms with Crippen molar-refractivity contribution in [1.82, 2.24) is 5.32 Å². The topological polar surface area (TPSA) is 42.2 Å². The SMILES string of the molecule is CC(Br)CCNC(=O)c1ccco1. The van der Waals surface area contributed by atoms with Crippen molar-refractivity contribution in [3.05, 3.63) is 24.2 Å². The van der Waals surface area contributed by atoms with E-state index in [1.54, 1.807) is 12.1 Å². The summed E-state index contributed by atoms with van der Waals surface area (Å²) in [4.78, 5) is 11.7. The number of rotatable bonds is 4. The molecule has 1 N–H and O–H groups in total. The Labute approximate surface area is 85.6 Å². The van der Waals surface area contributed by atoms with Gasteiger partial charge in [0.1, 0.15) is 0 Å². The second-order valence-corrected chi connectivity index (χ2v) is 4.37. The highest BCUT2D eigenvalue weighted by molar-refractivity contribution is 9.09. The number of alkyl halides is 1. The van der Waals surface area contributed by atoms with E-state index in [0.29, 0.717) is 17.1 Å². The zero-order valence-corrected chi connectivity index (χ0v) is 9.00. The molecule has 4 heteroatoms. The van der Waals surface area contributed by atoms with Crippen LogP contribution in [0.2, 0.25) is 0 Å². The van der Waals surface area contributed by atoms with E-state index in [1.807, 2.05) is 6.92 Å². The summed E-state index contributed by atoms with van der Waals surface area (Å²) >= 11 is 3.40. The number of hydrogen-bond donors (Lipinski definition) is 1. The Balaban J connectivity index is 2.27. The number of furan rings is 1. The fourth-order valence-corrected chi connectivity index (χ4v) is 1.11. The molecule has 0 saturated carbocycles. The Morgan fingerprint density at radius 2 is 2.54 bits per heavy atom. The second kappa shape index (κ2) is 5.07. The monoisotopic (exact) mass is 245 g/mol. The molecule has 1 rings (SSSR count). The van der Waals surface area contributed by atoms with Crippen LogP contribution >= 0.6 is 15.9 Å². The zero-order valence-electron chi connectivity index (χ0n) is 7.42. The number of amides is 1. The lowest BCUT2D eigenvalue weighted by atomic mass is 10.3. The van der Waals surface area contributed by atoms with E-state index in [1.165, 1.54) is 6.26 Å². The van der Waals surface area contributed by atoms with Crippen molar-refractivity contribution in [1.29, 1.82) is 0 Å². The normalized spacial score (nSPS) is 12.5. The largest absolute Gasteiger partial charge is 0.459 e. The second-order valence-electron chi connectivity index (χ2n) is 2.80. The lowest BCUT2D eigenvalue weighted by Crippen LogP contribution is -2.25. The molecule has 72 valence electrons. The van der Waals surface area contributed by atoms with Crippen molar-refractivity contribution in [2.24, 2.45) is 0 Å². The van der Waals surface area contributed by atoms with Gasteiger partial charge in [0.15, 0.2) is 5.76 Å². The standard InChI is InChI=1S/C9H12BrNO2/c1-7(10)4-5-11-9(12)8-3-2-6-13-8/h2-3,6-7H,4-5H2,1H3,(H,11,12). The molecule has 1 atom stereocenters. The van der Waals surface area contributed by atoms with E-state index in [9.17, 15) is 4.79 Å². The van der Waals surface area contributed by atoms with Gasteiger partial charge in [-0.3, -0.25) is 4.79 Å². The van der Waals surface area contributed by atoms with Crippen molar-refractivity contribution in [3.8, 4) is 0 Å². The molecular formula is C9H12BrNO2. The predicted octanol–water partition coefficient (Wildman–Crippen LogP) is 2.18. The van der Waals surface area contributed by atoms with E-state index in [-0.39, 0.29) is 5.91 Å². The van der Waals surface area contributed by atoms with Gasteiger partial charge in [0.2, 0.25) is 0 Å². The summed E-state index contributed by atoms with van der Waals surface area (Å²) in [6, 6.07) is 3.34. The van der Waals surface area contributed by atoms with Gasteiger partial charge in [-0.1, -0.05) is 22.9 Å². The first-order chi connectivity index (χ1) is 6.20. The molecule has 1 unspecified atom stereocenters. The van der Waals surface area contributed by atoms with Crippen LogP contribution in [0.3, 0.4) is 0 Å². The summed E-state index contributed by atoms with van der Waals surface area (Å²) in [6.07, 6.45) is 2.40. The summed E-state index contributed by atoms with van der Waals surface area (Å²) < 4.78 is 4.93. The third-order valence-corrected chi connectivity index (χ3v) is 2.03. The van der Waals surface area contributed by atoms with Gasteiger partial charge in [0.25, 0.3) is 5.91 Å². The van der Waals surface area contributed by atoms with Crippen LogP contribution in [0.5, 0.6) is 0 Å². The Hall–Kier alpha value is -0.770. The predicted molar refractivity (Wildman–Crippen MR) is 54.0 cm³/mol. The lowest BCUT2D eigenvalue weighted by molar-refractivity contribution is 0.0925.